The average molecular weight is 278 g/mol. The zero-order valence-corrected chi connectivity index (χ0v) is 13.0. The van der Waals surface area contributed by atoms with Crippen LogP contribution in [-0.4, -0.2) is 44.2 Å². The van der Waals surface area contributed by atoms with Crippen molar-refractivity contribution < 1.29 is 9.53 Å². The average Bonchev–Trinajstić information content (AvgIpc) is 2.37. The molecule has 112 valence electrons. The minimum absolute atomic E-state index is 0.0745. The van der Waals surface area contributed by atoms with Gasteiger partial charge >= 0.3 is 0 Å². The first-order chi connectivity index (χ1) is 9.51. The van der Waals surface area contributed by atoms with Gasteiger partial charge in [0.1, 0.15) is 0 Å². The number of benzene rings is 1. The van der Waals surface area contributed by atoms with Crippen molar-refractivity contribution in [2.45, 2.75) is 27.2 Å². The molecule has 0 atom stereocenters. The topological polar surface area (TPSA) is 55.6 Å². The predicted molar refractivity (Wildman–Crippen MR) is 82.1 cm³/mol. The number of nitrogens with zero attached hydrogens (tertiary/aromatic N) is 1. The number of ether oxygens (including phenoxy) is 1. The third-order valence-corrected chi connectivity index (χ3v) is 3.38. The number of methoxy groups -OCH3 is 1. The van der Waals surface area contributed by atoms with Gasteiger partial charge in [-0.05, 0) is 44.9 Å². The summed E-state index contributed by atoms with van der Waals surface area (Å²) in [4.78, 5) is 14.6. The highest BCUT2D eigenvalue weighted by atomic mass is 16.5. The molecule has 0 aliphatic heterocycles. The normalized spacial score (nSPS) is 10.7. The SMILES string of the molecule is COCCN(CCCN)C(=O)c1c(C)cc(C)cc1C. The molecule has 2 N–H and O–H groups in total. The largest absolute Gasteiger partial charge is 0.383 e. The van der Waals surface area contributed by atoms with Crippen molar-refractivity contribution in [3.05, 3.63) is 34.4 Å². The Morgan fingerprint density at radius 3 is 2.30 bits per heavy atom. The van der Waals surface area contributed by atoms with Gasteiger partial charge in [0.15, 0.2) is 0 Å². The fourth-order valence-electron chi connectivity index (χ4n) is 2.47. The molecule has 4 heteroatoms. The molecule has 0 saturated heterocycles. The fraction of sp³-hybridized carbons (Fsp3) is 0.562. The molecular weight excluding hydrogens is 252 g/mol. The molecule has 0 unspecified atom stereocenters. The van der Waals surface area contributed by atoms with Gasteiger partial charge in [-0.3, -0.25) is 4.79 Å². The highest BCUT2D eigenvalue weighted by Gasteiger charge is 2.19. The highest BCUT2D eigenvalue weighted by Crippen LogP contribution is 2.18. The van der Waals surface area contributed by atoms with Crippen molar-refractivity contribution in [3.63, 3.8) is 0 Å². The van der Waals surface area contributed by atoms with Crippen molar-refractivity contribution in [2.75, 3.05) is 33.4 Å². The van der Waals surface area contributed by atoms with E-state index in [-0.39, 0.29) is 5.91 Å². The van der Waals surface area contributed by atoms with Gasteiger partial charge in [-0.25, -0.2) is 0 Å². The van der Waals surface area contributed by atoms with Crippen LogP contribution in [0.15, 0.2) is 12.1 Å². The summed E-state index contributed by atoms with van der Waals surface area (Å²) in [5, 5.41) is 0. The molecule has 0 heterocycles. The van der Waals surface area contributed by atoms with Crippen LogP contribution in [0.25, 0.3) is 0 Å². The van der Waals surface area contributed by atoms with Crippen molar-refractivity contribution in [1.82, 2.24) is 4.90 Å². The van der Waals surface area contributed by atoms with Gasteiger partial charge in [-0.15, -0.1) is 0 Å². The van der Waals surface area contributed by atoms with Crippen molar-refractivity contribution in [3.8, 4) is 0 Å². The molecule has 0 spiro atoms. The maximum atomic E-state index is 12.7. The Labute approximate surface area is 121 Å². The highest BCUT2D eigenvalue weighted by molar-refractivity contribution is 5.97. The summed E-state index contributed by atoms with van der Waals surface area (Å²) in [7, 11) is 1.65. The number of hydrogen-bond acceptors (Lipinski definition) is 3. The molecule has 0 radical (unpaired) electrons. The fourth-order valence-corrected chi connectivity index (χ4v) is 2.47. The summed E-state index contributed by atoms with van der Waals surface area (Å²) in [5.41, 5.74) is 9.61. The summed E-state index contributed by atoms with van der Waals surface area (Å²) in [6, 6.07) is 4.11. The van der Waals surface area contributed by atoms with Gasteiger partial charge in [-0.2, -0.15) is 0 Å². The van der Waals surface area contributed by atoms with E-state index in [0.29, 0.717) is 26.2 Å². The van der Waals surface area contributed by atoms with Crippen LogP contribution in [0, 0.1) is 20.8 Å². The smallest absolute Gasteiger partial charge is 0.254 e. The molecule has 0 aliphatic rings. The lowest BCUT2D eigenvalue weighted by molar-refractivity contribution is 0.0693. The molecule has 0 fully saturated rings. The summed E-state index contributed by atoms with van der Waals surface area (Å²) in [6.07, 6.45) is 0.805. The van der Waals surface area contributed by atoms with E-state index >= 15 is 0 Å². The maximum absolute atomic E-state index is 12.7. The zero-order chi connectivity index (χ0) is 15.1. The Balaban J connectivity index is 2.98. The first-order valence-corrected chi connectivity index (χ1v) is 7.07. The number of rotatable bonds is 7. The van der Waals surface area contributed by atoms with E-state index in [4.69, 9.17) is 10.5 Å². The lowest BCUT2D eigenvalue weighted by Crippen LogP contribution is -2.36. The molecule has 1 aromatic carbocycles. The van der Waals surface area contributed by atoms with Crippen molar-refractivity contribution in [1.29, 1.82) is 0 Å². The molecule has 1 rings (SSSR count). The quantitative estimate of drug-likeness (QED) is 0.830. The standard InChI is InChI=1S/C16H26N2O2/c1-12-10-13(2)15(14(3)11-12)16(19)18(7-5-6-17)8-9-20-4/h10-11H,5-9,17H2,1-4H3. The Kier molecular flexibility index (Phi) is 6.68. The van der Waals surface area contributed by atoms with Crippen molar-refractivity contribution >= 4 is 5.91 Å². The lowest BCUT2D eigenvalue weighted by Gasteiger charge is -2.24. The number of nitrogens with two attached hydrogens (primary N) is 1. The number of carbonyl (C=O) groups excluding carboxylic acids is 1. The van der Waals surface area contributed by atoms with Gasteiger partial charge in [0.25, 0.3) is 5.91 Å². The molecule has 0 saturated carbocycles. The number of hydrogen-bond donors (Lipinski definition) is 1. The Morgan fingerprint density at radius 2 is 1.80 bits per heavy atom. The van der Waals surface area contributed by atoms with Crippen LogP contribution in [0.1, 0.15) is 33.5 Å². The molecule has 0 bridgehead atoms. The second-order valence-corrected chi connectivity index (χ2v) is 5.20. The number of amides is 1. The van der Waals surface area contributed by atoms with E-state index in [1.54, 1.807) is 7.11 Å². The van der Waals surface area contributed by atoms with Crippen LogP contribution in [-0.2, 0) is 4.74 Å². The van der Waals surface area contributed by atoms with Crippen molar-refractivity contribution in [2.24, 2.45) is 5.73 Å². The molecule has 20 heavy (non-hydrogen) atoms. The van der Waals surface area contributed by atoms with Crippen LogP contribution >= 0.6 is 0 Å². The van der Waals surface area contributed by atoms with Gasteiger partial charge in [0.05, 0.1) is 6.61 Å². The second kappa shape index (κ2) is 8.02. The third kappa shape index (κ3) is 4.32. The van der Waals surface area contributed by atoms with E-state index in [1.165, 1.54) is 5.56 Å². The Hall–Kier alpha value is -1.39. The summed E-state index contributed by atoms with van der Waals surface area (Å²) in [6.45, 7) is 8.43. The van der Waals surface area contributed by atoms with Gasteiger partial charge < -0.3 is 15.4 Å². The summed E-state index contributed by atoms with van der Waals surface area (Å²) < 4.78 is 5.09. The molecule has 1 aromatic rings. The van der Waals surface area contributed by atoms with E-state index in [0.717, 1.165) is 23.1 Å². The monoisotopic (exact) mass is 278 g/mol. The second-order valence-electron chi connectivity index (χ2n) is 5.20. The Morgan fingerprint density at radius 1 is 1.20 bits per heavy atom. The maximum Gasteiger partial charge on any atom is 0.254 e. The first-order valence-electron chi connectivity index (χ1n) is 7.07. The van der Waals surface area contributed by atoms with Crippen LogP contribution in [0.5, 0.6) is 0 Å². The van der Waals surface area contributed by atoms with Crippen LogP contribution in [0.2, 0.25) is 0 Å². The minimum atomic E-state index is 0.0745. The minimum Gasteiger partial charge on any atom is -0.383 e. The van der Waals surface area contributed by atoms with E-state index in [9.17, 15) is 4.79 Å². The van der Waals surface area contributed by atoms with Gasteiger partial charge in [-0.1, -0.05) is 17.7 Å². The number of aryl methyl sites for hydroxylation is 3. The first kappa shape index (κ1) is 16.7. The molecule has 0 aliphatic carbocycles. The van der Waals surface area contributed by atoms with Gasteiger partial charge in [0, 0.05) is 25.8 Å². The number of carbonyl (C=O) groups is 1. The zero-order valence-electron chi connectivity index (χ0n) is 13.0. The van der Waals surface area contributed by atoms with Crippen LogP contribution in [0.4, 0.5) is 0 Å². The van der Waals surface area contributed by atoms with Crippen LogP contribution < -0.4 is 5.73 Å². The molecule has 4 nitrogen and oxygen atoms in total. The molecule has 0 aromatic heterocycles. The summed E-state index contributed by atoms with van der Waals surface area (Å²) >= 11 is 0. The van der Waals surface area contributed by atoms with E-state index < -0.39 is 0 Å². The molecular formula is C16H26N2O2. The summed E-state index contributed by atoms with van der Waals surface area (Å²) in [5.74, 6) is 0.0745. The van der Waals surface area contributed by atoms with E-state index in [2.05, 4.69) is 12.1 Å². The Bertz CT molecular complexity index is 427. The lowest BCUT2D eigenvalue weighted by atomic mass is 9.98. The third-order valence-electron chi connectivity index (χ3n) is 3.38. The van der Waals surface area contributed by atoms with Crippen LogP contribution in [0.3, 0.4) is 0 Å². The molecule has 1 amide bonds. The predicted octanol–water partition coefficient (Wildman–Crippen LogP) is 2.05. The van der Waals surface area contributed by atoms with E-state index in [1.807, 2.05) is 25.7 Å². The van der Waals surface area contributed by atoms with Gasteiger partial charge in [0.2, 0.25) is 0 Å².